The second-order valence-electron chi connectivity index (χ2n) is 4.71. The zero-order chi connectivity index (χ0) is 11.7. The highest BCUT2D eigenvalue weighted by molar-refractivity contribution is 5.89. The summed E-state index contributed by atoms with van der Waals surface area (Å²) < 4.78 is 4.63. The molecule has 0 radical (unpaired) electrons. The van der Waals surface area contributed by atoms with Gasteiger partial charge in [0.25, 0.3) is 0 Å². The number of hydrogen-bond acceptors (Lipinski definition) is 4. The maximum atomic E-state index is 11.5. The lowest BCUT2D eigenvalue weighted by Gasteiger charge is -2.22. The van der Waals surface area contributed by atoms with Crippen LogP contribution in [-0.2, 0) is 14.3 Å². The molecule has 5 nitrogen and oxygen atoms in total. The number of halogens is 1. The Bertz CT molecular complexity index is 288. The number of methoxy groups -OCH3 is 1. The molecule has 0 aromatic rings. The molecule has 3 N–H and O–H groups in total. The van der Waals surface area contributed by atoms with Crippen molar-refractivity contribution >= 4 is 24.3 Å². The minimum atomic E-state index is -0.713. The standard InChI is InChI=1S/C10H18N2O3.ClH/c1-9(2,8(14)15-3)6-12-7(13)10(11)4-5-10;/h4-6,11H2,1-3H3,(H,12,13);1H. The van der Waals surface area contributed by atoms with Crippen LogP contribution in [0, 0.1) is 5.41 Å². The smallest absolute Gasteiger partial charge is 0.313 e. The maximum absolute atomic E-state index is 11.5. The summed E-state index contributed by atoms with van der Waals surface area (Å²) in [5.74, 6) is -0.524. The third-order valence-electron chi connectivity index (χ3n) is 2.67. The summed E-state index contributed by atoms with van der Waals surface area (Å²) in [4.78, 5) is 22.8. The quantitative estimate of drug-likeness (QED) is 0.699. The third kappa shape index (κ3) is 3.35. The normalized spacial score (nSPS) is 17.0. The first-order valence-electron chi connectivity index (χ1n) is 4.97. The van der Waals surface area contributed by atoms with Crippen molar-refractivity contribution in [3.63, 3.8) is 0 Å². The molecule has 0 heterocycles. The number of nitrogens with two attached hydrogens (primary N) is 1. The number of carbonyl (C=O) groups excluding carboxylic acids is 2. The van der Waals surface area contributed by atoms with Crippen molar-refractivity contribution in [2.24, 2.45) is 11.1 Å². The molecule has 1 fully saturated rings. The van der Waals surface area contributed by atoms with Gasteiger partial charge < -0.3 is 15.8 Å². The van der Waals surface area contributed by atoms with E-state index < -0.39 is 11.0 Å². The molecular formula is C10H19ClN2O3. The Hall–Kier alpha value is -0.810. The van der Waals surface area contributed by atoms with Crippen molar-refractivity contribution in [2.75, 3.05) is 13.7 Å². The van der Waals surface area contributed by atoms with Gasteiger partial charge in [-0.25, -0.2) is 0 Å². The third-order valence-corrected chi connectivity index (χ3v) is 2.67. The van der Waals surface area contributed by atoms with E-state index in [2.05, 4.69) is 10.1 Å². The maximum Gasteiger partial charge on any atom is 0.313 e. The van der Waals surface area contributed by atoms with Gasteiger partial charge in [-0.2, -0.15) is 0 Å². The Kier molecular flexibility index (Phi) is 4.76. The molecule has 0 saturated heterocycles. The Morgan fingerprint density at radius 3 is 2.31 bits per heavy atom. The summed E-state index contributed by atoms with van der Waals surface area (Å²) >= 11 is 0. The van der Waals surface area contributed by atoms with Crippen LogP contribution in [0.3, 0.4) is 0 Å². The highest BCUT2D eigenvalue weighted by atomic mass is 35.5. The van der Waals surface area contributed by atoms with Gasteiger partial charge in [0, 0.05) is 6.54 Å². The number of nitrogens with one attached hydrogen (secondary N) is 1. The van der Waals surface area contributed by atoms with Gasteiger partial charge in [0.15, 0.2) is 0 Å². The van der Waals surface area contributed by atoms with E-state index in [1.54, 1.807) is 13.8 Å². The Morgan fingerprint density at radius 1 is 1.44 bits per heavy atom. The topological polar surface area (TPSA) is 81.4 Å². The lowest BCUT2D eigenvalue weighted by molar-refractivity contribution is -0.150. The van der Waals surface area contributed by atoms with Crippen LogP contribution in [-0.4, -0.2) is 31.1 Å². The van der Waals surface area contributed by atoms with E-state index in [0.717, 1.165) is 12.8 Å². The van der Waals surface area contributed by atoms with Gasteiger partial charge in [0.1, 0.15) is 0 Å². The second kappa shape index (κ2) is 5.01. The minimum absolute atomic E-state index is 0. The molecule has 1 rings (SSSR count). The van der Waals surface area contributed by atoms with Crippen LogP contribution >= 0.6 is 12.4 Å². The molecule has 0 aliphatic heterocycles. The van der Waals surface area contributed by atoms with E-state index >= 15 is 0 Å². The average Bonchev–Trinajstić information content (AvgIpc) is 2.93. The zero-order valence-electron chi connectivity index (χ0n) is 9.83. The number of amides is 1. The lowest BCUT2D eigenvalue weighted by Crippen LogP contribution is -2.47. The van der Waals surface area contributed by atoms with Gasteiger partial charge in [0.2, 0.25) is 5.91 Å². The van der Waals surface area contributed by atoms with E-state index in [1.807, 2.05) is 0 Å². The summed E-state index contributed by atoms with van der Waals surface area (Å²) in [6, 6.07) is 0. The highest BCUT2D eigenvalue weighted by Gasteiger charge is 2.46. The molecule has 1 aliphatic rings. The fourth-order valence-corrected chi connectivity index (χ4v) is 1.19. The molecule has 0 bridgehead atoms. The van der Waals surface area contributed by atoms with Crippen molar-refractivity contribution < 1.29 is 14.3 Å². The lowest BCUT2D eigenvalue weighted by atomic mass is 9.93. The summed E-state index contributed by atoms with van der Waals surface area (Å²) in [7, 11) is 1.33. The highest BCUT2D eigenvalue weighted by Crippen LogP contribution is 2.32. The predicted molar refractivity (Wildman–Crippen MR) is 62.2 cm³/mol. The summed E-state index contributed by atoms with van der Waals surface area (Å²) in [6.07, 6.45) is 1.44. The Labute approximate surface area is 101 Å². The zero-order valence-corrected chi connectivity index (χ0v) is 10.6. The van der Waals surface area contributed by atoms with Gasteiger partial charge >= 0.3 is 5.97 Å². The molecule has 1 amide bonds. The van der Waals surface area contributed by atoms with E-state index in [4.69, 9.17) is 5.73 Å². The average molecular weight is 251 g/mol. The van der Waals surface area contributed by atoms with Crippen molar-refractivity contribution in [1.29, 1.82) is 0 Å². The van der Waals surface area contributed by atoms with Gasteiger partial charge in [0.05, 0.1) is 18.1 Å². The van der Waals surface area contributed by atoms with E-state index in [0.29, 0.717) is 0 Å². The molecule has 16 heavy (non-hydrogen) atoms. The van der Waals surface area contributed by atoms with Crippen LogP contribution in [0.1, 0.15) is 26.7 Å². The molecule has 0 spiro atoms. The summed E-state index contributed by atoms with van der Waals surface area (Å²) in [5, 5.41) is 2.68. The number of ether oxygens (including phenoxy) is 1. The Morgan fingerprint density at radius 2 is 1.94 bits per heavy atom. The molecule has 0 unspecified atom stereocenters. The number of esters is 1. The first-order valence-corrected chi connectivity index (χ1v) is 4.97. The van der Waals surface area contributed by atoms with Crippen LogP contribution in [0.5, 0.6) is 0 Å². The van der Waals surface area contributed by atoms with E-state index in [-0.39, 0.29) is 30.8 Å². The number of carbonyl (C=O) groups is 2. The van der Waals surface area contributed by atoms with Gasteiger partial charge in [-0.05, 0) is 26.7 Å². The van der Waals surface area contributed by atoms with Crippen LogP contribution < -0.4 is 11.1 Å². The van der Waals surface area contributed by atoms with Crippen molar-refractivity contribution in [2.45, 2.75) is 32.2 Å². The molecule has 1 aliphatic carbocycles. The van der Waals surface area contributed by atoms with E-state index in [1.165, 1.54) is 7.11 Å². The summed E-state index contributed by atoms with van der Waals surface area (Å²) in [6.45, 7) is 3.68. The largest absolute Gasteiger partial charge is 0.469 e. The molecular weight excluding hydrogens is 232 g/mol. The van der Waals surface area contributed by atoms with Gasteiger partial charge in [-0.15, -0.1) is 12.4 Å². The monoisotopic (exact) mass is 250 g/mol. The van der Waals surface area contributed by atoms with Crippen LogP contribution in [0.4, 0.5) is 0 Å². The van der Waals surface area contributed by atoms with Crippen molar-refractivity contribution in [1.82, 2.24) is 5.32 Å². The molecule has 0 aromatic heterocycles. The van der Waals surface area contributed by atoms with Gasteiger partial charge in [-0.1, -0.05) is 0 Å². The van der Waals surface area contributed by atoms with Crippen LogP contribution in [0.15, 0.2) is 0 Å². The van der Waals surface area contributed by atoms with Crippen LogP contribution in [0.2, 0.25) is 0 Å². The van der Waals surface area contributed by atoms with Crippen molar-refractivity contribution in [3.05, 3.63) is 0 Å². The first kappa shape index (κ1) is 15.2. The molecule has 6 heteroatoms. The van der Waals surface area contributed by atoms with Gasteiger partial charge in [-0.3, -0.25) is 9.59 Å². The minimum Gasteiger partial charge on any atom is -0.469 e. The SMILES string of the molecule is COC(=O)C(C)(C)CNC(=O)C1(N)CC1.Cl. The fraction of sp³-hybridized carbons (Fsp3) is 0.800. The number of hydrogen-bond donors (Lipinski definition) is 2. The molecule has 94 valence electrons. The molecule has 1 saturated carbocycles. The fourth-order valence-electron chi connectivity index (χ4n) is 1.19. The second-order valence-corrected chi connectivity index (χ2v) is 4.71. The first-order chi connectivity index (χ1) is 6.82. The predicted octanol–water partition coefficient (Wildman–Crippen LogP) is 0.215. The van der Waals surface area contributed by atoms with Crippen LogP contribution in [0.25, 0.3) is 0 Å². The Balaban J connectivity index is 0.00000225. The number of rotatable bonds is 4. The summed E-state index contributed by atoms with van der Waals surface area (Å²) in [5.41, 5.74) is 4.30. The van der Waals surface area contributed by atoms with Crippen molar-refractivity contribution in [3.8, 4) is 0 Å². The van der Waals surface area contributed by atoms with E-state index in [9.17, 15) is 9.59 Å². The molecule has 0 atom stereocenters. The molecule has 0 aromatic carbocycles.